The SMILES string of the molecule is Cc1ncsc1-c1ccc([C@H](C)NC(=O)[C@@H]2C[C@@H](O[Si](c3ccccc3)(c3ccccc3)C(C)(C)C)CN2C(=O)[C@@H](c2cc(N3CCC(O)CC3)no2)C(C)C)cc1. The van der Waals surface area contributed by atoms with E-state index in [4.69, 9.17) is 8.95 Å². The summed E-state index contributed by atoms with van der Waals surface area (Å²) in [7, 11) is -3.02. The number of piperidine rings is 1. The van der Waals surface area contributed by atoms with Crippen LogP contribution in [-0.4, -0.2) is 78.2 Å². The van der Waals surface area contributed by atoms with Gasteiger partial charge in [0.25, 0.3) is 8.32 Å². The van der Waals surface area contributed by atoms with Crippen molar-refractivity contribution in [1.82, 2.24) is 20.4 Å². The average molecular weight is 820 g/mol. The fraction of sp³-hybridized carbons (Fsp3) is 0.435. The molecule has 2 aromatic heterocycles. The van der Waals surface area contributed by atoms with Crippen LogP contribution in [0.3, 0.4) is 0 Å². The number of nitrogens with zero attached hydrogens (tertiary/aromatic N) is 4. The Kier molecular flexibility index (Phi) is 12.4. The lowest BCUT2D eigenvalue weighted by molar-refractivity contribution is -0.141. The van der Waals surface area contributed by atoms with Crippen LogP contribution in [0.25, 0.3) is 10.4 Å². The topological polar surface area (TPSA) is 121 Å². The van der Waals surface area contributed by atoms with Crippen molar-refractivity contribution in [1.29, 1.82) is 0 Å². The Morgan fingerprint density at radius 3 is 2.12 bits per heavy atom. The summed E-state index contributed by atoms with van der Waals surface area (Å²) in [5, 5.41) is 19.7. The molecule has 2 N–H and O–H groups in total. The van der Waals surface area contributed by atoms with Crippen molar-refractivity contribution in [3.8, 4) is 10.4 Å². The highest BCUT2D eigenvalue weighted by atomic mass is 32.1. The predicted octanol–water partition coefficient (Wildman–Crippen LogP) is 7.23. The van der Waals surface area contributed by atoms with Crippen LogP contribution in [0.2, 0.25) is 5.04 Å². The number of carbonyl (C=O) groups is 2. The zero-order valence-corrected chi connectivity index (χ0v) is 36.5. The molecule has 58 heavy (non-hydrogen) atoms. The van der Waals surface area contributed by atoms with Crippen molar-refractivity contribution in [3.63, 3.8) is 0 Å². The van der Waals surface area contributed by atoms with Gasteiger partial charge in [-0.1, -0.05) is 125 Å². The van der Waals surface area contributed by atoms with E-state index in [0.717, 1.165) is 32.1 Å². The summed E-state index contributed by atoms with van der Waals surface area (Å²) in [6.07, 6.45) is 0.919. The molecule has 0 aliphatic carbocycles. The van der Waals surface area contributed by atoms with Gasteiger partial charge in [-0.15, -0.1) is 11.3 Å². The molecule has 2 saturated heterocycles. The van der Waals surface area contributed by atoms with E-state index in [1.165, 1.54) is 0 Å². The monoisotopic (exact) mass is 819 g/mol. The first-order valence-corrected chi connectivity index (χ1v) is 23.4. The number of rotatable bonds is 12. The van der Waals surface area contributed by atoms with E-state index in [1.54, 1.807) is 16.2 Å². The molecule has 2 fully saturated rings. The lowest BCUT2D eigenvalue weighted by Crippen LogP contribution is -2.67. The van der Waals surface area contributed by atoms with Gasteiger partial charge in [-0.05, 0) is 59.1 Å². The van der Waals surface area contributed by atoms with Gasteiger partial charge >= 0.3 is 0 Å². The van der Waals surface area contributed by atoms with E-state index >= 15 is 4.79 Å². The van der Waals surface area contributed by atoms with Gasteiger partial charge in [0.15, 0.2) is 11.6 Å². The van der Waals surface area contributed by atoms with Gasteiger partial charge in [0.2, 0.25) is 11.8 Å². The largest absolute Gasteiger partial charge is 0.403 e. The van der Waals surface area contributed by atoms with Crippen LogP contribution in [0, 0.1) is 12.8 Å². The molecule has 2 aliphatic rings. The number of aromatic nitrogens is 2. The maximum Gasteiger partial charge on any atom is 0.261 e. The standard InChI is InChI=1S/C46H57N5O5SSi/c1-30(2)42(40-27-41(49-55-40)50-24-22-35(52)23-25-50)45(54)51-28-36(56-58(46(5,6)7,37-14-10-8-11-15-37)38-16-12-9-13-17-38)26-39(51)44(53)48-31(3)33-18-20-34(21-19-33)43-32(4)47-29-57-43/h8-21,27,29-31,35-36,39,42,52H,22-26,28H2,1-7H3,(H,48,53)/t31-,36+,39-,42+/m0/s1. The lowest BCUT2D eigenvalue weighted by Gasteiger charge is -2.44. The van der Waals surface area contributed by atoms with Gasteiger partial charge in [0.1, 0.15) is 12.0 Å². The van der Waals surface area contributed by atoms with Crippen molar-refractivity contribution in [3.05, 3.63) is 114 Å². The first-order valence-electron chi connectivity index (χ1n) is 20.6. The smallest absolute Gasteiger partial charge is 0.261 e. The molecule has 3 aromatic carbocycles. The van der Waals surface area contributed by atoms with E-state index in [-0.39, 0.29) is 41.5 Å². The molecule has 7 rings (SSSR count). The van der Waals surface area contributed by atoms with Gasteiger partial charge in [-0.3, -0.25) is 9.59 Å². The number of aryl methyl sites for hydroxylation is 1. The highest BCUT2D eigenvalue weighted by molar-refractivity contribution is 7.13. The number of amides is 2. The third-order valence-corrected chi connectivity index (χ3v) is 18.0. The fourth-order valence-corrected chi connectivity index (χ4v) is 14.3. The number of likely N-dealkylation sites (tertiary alicyclic amines) is 1. The van der Waals surface area contributed by atoms with Gasteiger partial charge in [0, 0.05) is 32.1 Å². The van der Waals surface area contributed by atoms with Gasteiger partial charge in [-0.25, -0.2) is 4.98 Å². The number of anilines is 1. The number of hydrogen-bond acceptors (Lipinski definition) is 9. The van der Waals surface area contributed by atoms with Gasteiger partial charge in [0.05, 0.1) is 34.3 Å². The Morgan fingerprint density at radius 2 is 1.57 bits per heavy atom. The van der Waals surface area contributed by atoms with Crippen molar-refractivity contribution < 1.29 is 23.6 Å². The molecule has 0 radical (unpaired) electrons. The Labute approximate surface area is 347 Å². The summed E-state index contributed by atoms with van der Waals surface area (Å²) in [5.74, 6) is -0.0763. The van der Waals surface area contributed by atoms with Crippen LogP contribution in [0.4, 0.5) is 5.82 Å². The van der Waals surface area contributed by atoms with Gasteiger partial charge in [-0.2, -0.15) is 0 Å². The minimum Gasteiger partial charge on any atom is -0.403 e. The molecular weight excluding hydrogens is 763 g/mol. The van der Waals surface area contributed by atoms with E-state index in [9.17, 15) is 9.90 Å². The second-order valence-corrected chi connectivity index (χ2v) is 22.4. The molecular formula is C46H57N5O5SSi. The first-order chi connectivity index (χ1) is 27.8. The number of nitrogens with one attached hydrogen (secondary N) is 1. The summed E-state index contributed by atoms with van der Waals surface area (Å²) in [4.78, 5) is 39.1. The second kappa shape index (κ2) is 17.3. The number of thiazole rings is 1. The predicted molar refractivity (Wildman–Crippen MR) is 233 cm³/mol. The molecule has 0 saturated carbocycles. The lowest BCUT2D eigenvalue weighted by atomic mass is 9.91. The molecule has 0 bridgehead atoms. The number of hydrogen-bond donors (Lipinski definition) is 2. The minimum absolute atomic E-state index is 0.142. The average Bonchev–Trinajstić information content (AvgIpc) is 3.98. The third-order valence-electron chi connectivity index (χ3n) is 11.9. The molecule has 2 aliphatic heterocycles. The Bertz CT molecular complexity index is 2100. The molecule has 5 aromatic rings. The zero-order chi connectivity index (χ0) is 41.2. The van der Waals surface area contributed by atoms with Crippen LogP contribution < -0.4 is 20.6 Å². The van der Waals surface area contributed by atoms with Crippen LogP contribution in [0.5, 0.6) is 0 Å². The van der Waals surface area contributed by atoms with Gasteiger partial charge < -0.3 is 29.2 Å². The number of benzene rings is 3. The molecule has 12 heteroatoms. The van der Waals surface area contributed by atoms with Crippen molar-refractivity contribution >= 4 is 47.7 Å². The minimum atomic E-state index is -3.02. The molecule has 306 valence electrons. The molecule has 0 unspecified atom stereocenters. The van der Waals surface area contributed by atoms with Crippen LogP contribution in [-0.2, 0) is 14.0 Å². The number of aliphatic hydroxyl groups excluding tert-OH is 1. The number of aliphatic hydroxyl groups is 1. The zero-order valence-electron chi connectivity index (χ0n) is 34.7. The normalized spacial score (nSPS) is 19.1. The maximum atomic E-state index is 15.1. The first kappa shape index (κ1) is 41.5. The number of carbonyl (C=O) groups excluding carboxylic acids is 2. The second-order valence-electron chi connectivity index (χ2n) is 17.3. The summed E-state index contributed by atoms with van der Waals surface area (Å²) in [5.41, 5.74) is 4.90. The van der Waals surface area contributed by atoms with Crippen molar-refractivity contribution in [2.45, 2.75) is 103 Å². The van der Waals surface area contributed by atoms with E-state index < -0.39 is 26.4 Å². The highest BCUT2D eigenvalue weighted by Gasteiger charge is 2.54. The van der Waals surface area contributed by atoms with E-state index in [2.05, 4.69) is 102 Å². The Morgan fingerprint density at radius 1 is 0.948 bits per heavy atom. The van der Waals surface area contributed by atoms with E-state index in [1.807, 2.05) is 63.5 Å². The van der Waals surface area contributed by atoms with E-state index in [0.29, 0.717) is 43.9 Å². The molecule has 2 amide bonds. The summed E-state index contributed by atoms with van der Waals surface area (Å²) < 4.78 is 13.5. The van der Waals surface area contributed by atoms with Crippen LogP contribution in [0.1, 0.15) is 89.8 Å². The summed E-state index contributed by atoms with van der Waals surface area (Å²) in [6.45, 7) is 16.3. The van der Waals surface area contributed by atoms with Crippen LogP contribution >= 0.6 is 11.3 Å². The molecule has 4 atom stereocenters. The van der Waals surface area contributed by atoms with Crippen LogP contribution in [0.15, 0.2) is 101 Å². The highest BCUT2D eigenvalue weighted by Crippen LogP contribution is 2.40. The fourth-order valence-electron chi connectivity index (χ4n) is 8.80. The third kappa shape index (κ3) is 8.43. The molecule has 0 spiro atoms. The Hall–Kier alpha value is -4.62. The Balaban J connectivity index is 1.21. The summed E-state index contributed by atoms with van der Waals surface area (Å²) in [6, 6.07) is 30.0. The molecule has 10 nitrogen and oxygen atoms in total. The van der Waals surface area contributed by atoms with Crippen molar-refractivity contribution in [2.24, 2.45) is 5.92 Å². The summed E-state index contributed by atoms with van der Waals surface area (Å²) >= 11 is 1.61. The van der Waals surface area contributed by atoms with Crippen molar-refractivity contribution in [2.75, 3.05) is 24.5 Å². The quantitative estimate of drug-likeness (QED) is 0.127. The maximum absolute atomic E-state index is 15.1. The molecule has 4 heterocycles.